The summed E-state index contributed by atoms with van der Waals surface area (Å²) in [6.45, 7) is 0. The van der Waals surface area contributed by atoms with Gasteiger partial charge in [-0.1, -0.05) is 0 Å². The molecule has 0 spiro atoms. The van der Waals surface area contributed by atoms with Gasteiger partial charge in [0.1, 0.15) is 11.5 Å². The third-order valence-electron chi connectivity index (χ3n) is 3.11. The SMILES string of the molecule is c1coc(C2=C(c3ccco3)CCCC2)c1. The first-order chi connectivity index (χ1) is 7.95. The molecule has 16 heavy (non-hydrogen) atoms. The van der Waals surface area contributed by atoms with Crippen molar-refractivity contribution in [1.82, 2.24) is 0 Å². The Morgan fingerprint density at radius 3 is 1.62 bits per heavy atom. The van der Waals surface area contributed by atoms with Crippen molar-refractivity contribution in [3.63, 3.8) is 0 Å². The van der Waals surface area contributed by atoms with Gasteiger partial charge in [0, 0.05) is 11.1 Å². The monoisotopic (exact) mass is 214 g/mol. The third-order valence-corrected chi connectivity index (χ3v) is 3.11. The molecule has 2 aromatic heterocycles. The van der Waals surface area contributed by atoms with E-state index in [0.717, 1.165) is 24.4 Å². The lowest BCUT2D eigenvalue weighted by Gasteiger charge is -2.17. The summed E-state index contributed by atoms with van der Waals surface area (Å²) in [6, 6.07) is 7.95. The molecule has 0 aliphatic heterocycles. The topological polar surface area (TPSA) is 26.3 Å². The molecule has 3 rings (SSSR count). The van der Waals surface area contributed by atoms with E-state index in [0.29, 0.717) is 0 Å². The number of hydrogen-bond donors (Lipinski definition) is 0. The van der Waals surface area contributed by atoms with E-state index in [1.54, 1.807) is 12.5 Å². The Labute approximate surface area is 94.6 Å². The molecular formula is C14H14O2. The molecular weight excluding hydrogens is 200 g/mol. The summed E-state index contributed by atoms with van der Waals surface area (Å²) in [5.74, 6) is 1.98. The summed E-state index contributed by atoms with van der Waals surface area (Å²) in [5, 5.41) is 0. The molecule has 0 fully saturated rings. The van der Waals surface area contributed by atoms with E-state index < -0.39 is 0 Å². The van der Waals surface area contributed by atoms with Crippen LogP contribution in [0, 0.1) is 0 Å². The molecule has 0 bridgehead atoms. The van der Waals surface area contributed by atoms with Gasteiger partial charge in [0.25, 0.3) is 0 Å². The van der Waals surface area contributed by atoms with Crippen molar-refractivity contribution in [2.45, 2.75) is 25.7 Å². The van der Waals surface area contributed by atoms with E-state index in [1.165, 1.54) is 24.0 Å². The molecule has 2 heterocycles. The van der Waals surface area contributed by atoms with Gasteiger partial charge in [0.05, 0.1) is 12.5 Å². The lowest BCUT2D eigenvalue weighted by Crippen LogP contribution is -1.97. The van der Waals surface area contributed by atoms with Crippen molar-refractivity contribution in [3.05, 3.63) is 48.3 Å². The van der Waals surface area contributed by atoms with Crippen molar-refractivity contribution in [1.29, 1.82) is 0 Å². The average Bonchev–Trinajstić information content (AvgIpc) is 3.03. The minimum Gasteiger partial charge on any atom is -0.465 e. The van der Waals surface area contributed by atoms with Gasteiger partial charge in [0.2, 0.25) is 0 Å². The Bertz CT molecular complexity index is 429. The zero-order valence-corrected chi connectivity index (χ0v) is 9.11. The smallest absolute Gasteiger partial charge is 0.130 e. The largest absolute Gasteiger partial charge is 0.465 e. The molecule has 0 N–H and O–H groups in total. The van der Waals surface area contributed by atoms with Crippen LogP contribution < -0.4 is 0 Å². The molecule has 82 valence electrons. The Hall–Kier alpha value is -1.70. The van der Waals surface area contributed by atoms with Crippen LogP contribution in [0.15, 0.2) is 45.6 Å². The van der Waals surface area contributed by atoms with Crippen LogP contribution in [0.2, 0.25) is 0 Å². The maximum atomic E-state index is 5.50. The quantitative estimate of drug-likeness (QED) is 0.742. The van der Waals surface area contributed by atoms with Gasteiger partial charge < -0.3 is 8.83 Å². The zero-order chi connectivity index (χ0) is 10.8. The van der Waals surface area contributed by atoms with Gasteiger partial charge in [-0.25, -0.2) is 0 Å². The Balaban J connectivity index is 2.09. The first kappa shape index (κ1) is 9.52. The van der Waals surface area contributed by atoms with Crippen molar-refractivity contribution >= 4 is 11.1 Å². The molecule has 0 saturated heterocycles. The Kier molecular flexibility index (Phi) is 2.41. The maximum Gasteiger partial charge on any atom is 0.130 e. The van der Waals surface area contributed by atoms with E-state index in [9.17, 15) is 0 Å². The van der Waals surface area contributed by atoms with E-state index >= 15 is 0 Å². The lowest BCUT2D eigenvalue weighted by atomic mass is 9.89. The fourth-order valence-corrected chi connectivity index (χ4v) is 2.35. The molecule has 0 amide bonds. The molecule has 0 aromatic carbocycles. The first-order valence-corrected chi connectivity index (χ1v) is 5.75. The van der Waals surface area contributed by atoms with Crippen LogP contribution in [0.25, 0.3) is 11.1 Å². The predicted octanol–water partition coefficient (Wildman–Crippen LogP) is 4.36. The normalized spacial score (nSPS) is 16.8. The summed E-state index contributed by atoms with van der Waals surface area (Å²) in [5.41, 5.74) is 2.62. The lowest BCUT2D eigenvalue weighted by molar-refractivity contribution is 0.535. The van der Waals surface area contributed by atoms with Crippen LogP contribution in [0.3, 0.4) is 0 Å². The molecule has 0 radical (unpaired) electrons. The molecule has 0 unspecified atom stereocenters. The highest BCUT2D eigenvalue weighted by Gasteiger charge is 2.19. The van der Waals surface area contributed by atoms with Gasteiger partial charge in [-0.05, 0) is 49.9 Å². The first-order valence-electron chi connectivity index (χ1n) is 5.75. The summed E-state index contributed by atoms with van der Waals surface area (Å²) in [6.07, 6.45) is 8.11. The van der Waals surface area contributed by atoms with E-state index in [-0.39, 0.29) is 0 Å². The number of furan rings is 2. The van der Waals surface area contributed by atoms with Gasteiger partial charge in [-0.3, -0.25) is 0 Å². The fourth-order valence-electron chi connectivity index (χ4n) is 2.35. The second kappa shape index (κ2) is 4.05. The molecule has 0 saturated carbocycles. The highest BCUT2D eigenvalue weighted by molar-refractivity contribution is 5.88. The van der Waals surface area contributed by atoms with Crippen LogP contribution in [-0.4, -0.2) is 0 Å². The van der Waals surface area contributed by atoms with Crippen molar-refractivity contribution in [2.24, 2.45) is 0 Å². The molecule has 1 aliphatic carbocycles. The second-order valence-electron chi connectivity index (χ2n) is 4.12. The highest BCUT2D eigenvalue weighted by atomic mass is 16.3. The van der Waals surface area contributed by atoms with Crippen molar-refractivity contribution in [2.75, 3.05) is 0 Å². The second-order valence-corrected chi connectivity index (χ2v) is 4.12. The zero-order valence-electron chi connectivity index (χ0n) is 9.11. The van der Waals surface area contributed by atoms with Gasteiger partial charge in [-0.2, -0.15) is 0 Å². The third kappa shape index (κ3) is 1.60. The maximum absolute atomic E-state index is 5.50. The predicted molar refractivity (Wildman–Crippen MR) is 62.7 cm³/mol. The summed E-state index contributed by atoms with van der Waals surface area (Å²) in [7, 11) is 0. The Morgan fingerprint density at radius 1 is 0.750 bits per heavy atom. The molecule has 2 heteroatoms. The standard InChI is InChI=1S/C14H14O2/c1-2-6-12(14-8-4-10-16-14)11(5-1)13-7-3-9-15-13/h3-4,7-10H,1-2,5-6H2. The average molecular weight is 214 g/mol. The minimum atomic E-state index is 0.992. The van der Waals surface area contributed by atoms with E-state index in [2.05, 4.69) is 0 Å². The molecule has 2 aromatic rings. The fraction of sp³-hybridized carbons (Fsp3) is 0.286. The molecule has 0 atom stereocenters. The van der Waals surface area contributed by atoms with Crippen LogP contribution in [0.5, 0.6) is 0 Å². The molecule has 1 aliphatic rings. The van der Waals surface area contributed by atoms with Crippen LogP contribution in [0.4, 0.5) is 0 Å². The summed E-state index contributed by atoms with van der Waals surface area (Å²) < 4.78 is 11.0. The van der Waals surface area contributed by atoms with Crippen molar-refractivity contribution < 1.29 is 8.83 Å². The van der Waals surface area contributed by atoms with Crippen molar-refractivity contribution in [3.8, 4) is 0 Å². The summed E-state index contributed by atoms with van der Waals surface area (Å²) in [4.78, 5) is 0. The molecule has 2 nitrogen and oxygen atoms in total. The van der Waals surface area contributed by atoms with Gasteiger partial charge >= 0.3 is 0 Å². The highest BCUT2D eigenvalue weighted by Crippen LogP contribution is 2.38. The summed E-state index contributed by atoms with van der Waals surface area (Å²) >= 11 is 0. The van der Waals surface area contributed by atoms with Gasteiger partial charge in [-0.15, -0.1) is 0 Å². The van der Waals surface area contributed by atoms with E-state index in [4.69, 9.17) is 8.83 Å². The van der Waals surface area contributed by atoms with E-state index in [1.807, 2.05) is 24.3 Å². The number of rotatable bonds is 2. The number of hydrogen-bond acceptors (Lipinski definition) is 2. The van der Waals surface area contributed by atoms with Crippen LogP contribution >= 0.6 is 0 Å². The number of allylic oxidation sites excluding steroid dienone is 2. The van der Waals surface area contributed by atoms with Gasteiger partial charge in [0.15, 0.2) is 0 Å². The van der Waals surface area contributed by atoms with Crippen LogP contribution in [-0.2, 0) is 0 Å². The van der Waals surface area contributed by atoms with Crippen LogP contribution in [0.1, 0.15) is 37.2 Å². The minimum absolute atomic E-state index is 0.992. The Morgan fingerprint density at radius 2 is 1.25 bits per heavy atom.